The van der Waals surface area contributed by atoms with E-state index < -0.39 is 0 Å². The fourth-order valence-electron chi connectivity index (χ4n) is 4.35. The molecule has 1 saturated carbocycles. The van der Waals surface area contributed by atoms with Crippen molar-refractivity contribution in [3.63, 3.8) is 0 Å². The topological polar surface area (TPSA) is 86.8 Å². The van der Waals surface area contributed by atoms with Crippen molar-refractivity contribution in [3.05, 3.63) is 16.0 Å². The number of anilines is 2. The molecule has 2 fully saturated rings. The molecule has 0 bridgehead atoms. The number of nitrogens with zero attached hydrogens (tertiary/aromatic N) is 5. The minimum absolute atomic E-state index is 0.0879. The summed E-state index contributed by atoms with van der Waals surface area (Å²) in [7, 11) is 0. The van der Waals surface area contributed by atoms with Crippen molar-refractivity contribution < 1.29 is 4.79 Å². The SMILES string of the molecule is CC1CCN(c2nnc(SCC(=O)Nc3sc4c(c3C#N)CCC4)n2C2CC2)CC1. The number of amides is 1. The maximum absolute atomic E-state index is 12.6. The van der Waals surface area contributed by atoms with E-state index in [4.69, 9.17) is 0 Å². The summed E-state index contributed by atoms with van der Waals surface area (Å²) in [6.45, 7) is 4.36. The Morgan fingerprint density at radius 2 is 2.07 bits per heavy atom. The largest absolute Gasteiger partial charge is 0.341 e. The van der Waals surface area contributed by atoms with Gasteiger partial charge in [-0.05, 0) is 56.4 Å². The van der Waals surface area contributed by atoms with Gasteiger partial charge in [0.1, 0.15) is 11.1 Å². The van der Waals surface area contributed by atoms with Crippen LogP contribution in [0.2, 0.25) is 0 Å². The average Bonchev–Trinajstić information content (AvgIpc) is 3.17. The molecule has 3 heterocycles. The highest BCUT2D eigenvalue weighted by atomic mass is 32.2. The number of carbonyl (C=O) groups is 1. The molecule has 0 unspecified atom stereocenters. The van der Waals surface area contributed by atoms with Gasteiger partial charge in [0.2, 0.25) is 11.9 Å². The molecule has 1 aliphatic heterocycles. The smallest absolute Gasteiger partial charge is 0.235 e. The predicted molar refractivity (Wildman–Crippen MR) is 119 cm³/mol. The van der Waals surface area contributed by atoms with Crippen LogP contribution in [-0.4, -0.2) is 39.5 Å². The molecule has 1 saturated heterocycles. The minimum Gasteiger partial charge on any atom is -0.341 e. The van der Waals surface area contributed by atoms with Gasteiger partial charge in [-0.3, -0.25) is 9.36 Å². The Kier molecular flexibility index (Phi) is 5.46. The molecule has 1 amide bonds. The van der Waals surface area contributed by atoms with Crippen molar-refractivity contribution in [2.45, 2.75) is 63.1 Å². The first-order chi connectivity index (χ1) is 14.6. The van der Waals surface area contributed by atoms with Crippen molar-refractivity contribution in [2.75, 3.05) is 29.1 Å². The molecule has 7 nitrogen and oxygen atoms in total. The van der Waals surface area contributed by atoms with Crippen molar-refractivity contribution in [1.82, 2.24) is 14.8 Å². The standard InChI is InChI=1S/C21H26N6OS2/c1-13-7-9-26(10-8-13)20-24-25-21(27(20)14-5-6-14)29-12-18(28)23-19-16(11-22)15-3-2-4-17(15)30-19/h13-14H,2-10,12H2,1H3,(H,23,28). The molecule has 5 rings (SSSR count). The van der Waals surface area contributed by atoms with Crippen LogP contribution >= 0.6 is 23.1 Å². The second kappa shape index (κ2) is 8.23. The van der Waals surface area contributed by atoms with Crippen LogP contribution in [0.5, 0.6) is 0 Å². The van der Waals surface area contributed by atoms with Crippen LogP contribution in [0.25, 0.3) is 0 Å². The van der Waals surface area contributed by atoms with E-state index in [0.29, 0.717) is 16.6 Å². The van der Waals surface area contributed by atoms with E-state index in [1.165, 1.54) is 29.5 Å². The zero-order valence-electron chi connectivity index (χ0n) is 17.2. The minimum atomic E-state index is -0.0879. The molecule has 2 aliphatic carbocycles. The fraction of sp³-hybridized carbons (Fsp3) is 0.619. The summed E-state index contributed by atoms with van der Waals surface area (Å²) in [5, 5.41) is 22.9. The van der Waals surface area contributed by atoms with E-state index in [1.807, 2.05) is 0 Å². The lowest BCUT2D eigenvalue weighted by Crippen LogP contribution is -2.34. The van der Waals surface area contributed by atoms with Crippen molar-refractivity contribution in [3.8, 4) is 6.07 Å². The van der Waals surface area contributed by atoms with Crippen LogP contribution in [0.4, 0.5) is 10.9 Å². The van der Waals surface area contributed by atoms with E-state index in [9.17, 15) is 10.1 Å². The molecule has 2 aromatic rings. The second-order valence-electron chi connectivity index (χ2n) is 8.56. The Hall–Kier alpha value is -2.05. The number of nitrogens with one attached hydrogen (secondary N) is 1. The van der Waals surface area contributed by atoms with Gasteiger partial charge in [-0.1, -0.05) is 18.7 Å². The number of hydrogen-bond donors (Lipinski definition) is 1. The Balaban J connectivity index is 1.26. The van der Waals surface area contributed by atoms with Gasteiger partial charge in [0, 0.05) is 24.0 Å². The number of hydrogen-bond acceptors (Lipinski definition) is 7. The Morgan fingerprint density at radius 1 is 1.27 bits per heavy atom. The summed E-state index contributed by atoms with van der Waals surface area (Å²) < 4.78 is 2.24. The van der Waals surface area contributed by atoms with Gasteiger partial charge in [0.25, 0.3) is 0 Å². The molecular weight excluding hydrogens is 416 g/mol. The number of aromatic nitrogens is 3. The zero-order chi connectivity index (χ0) is 20.7. The van der Waals surface area contributed by atoms with Crippen LogP contribution in [0.15, 0.2) is 5.16 Å². The molecule has 30 heavy (non-hydrogen) atoms. The first-order valence-electron chi connectivity index (χ1n) is 10.8. The van der Waals surface area contributed by atoms with E-state index in [2.05, 4.69) is 38.0 Å². The number of rotatable bonds is 6. The summed E-state index contributed by atoms with van der Waals surface area (Å²) in [4.78, 5) is 16.2. The number of thioether (sulfide) groups is 1. The van der Waals surface area contributed by atoms with Crippen LogP contribution in [-0.2, 0) is 17.6 Å². The molecule has 0 atom stereocenters. The highest BCUT2D eigenvalue weighted by molar-refractivity contribution is 7.99. The van der Waals surface area contributed by atoms with Gasteiger partial charge in [-0.15, -0.1) is 21.5 Å². The van der Waals surface area contributed by atoms with Gasteiger partial charge < -0.3 is 10.2 Å². The maximum atomic E-state index is 12.6. The lowest BCUT2D eigenvalue weighted by atomic mass is 10.00. The molecule has 9 heteroatoms. The van der Waals surface area contributed by atoms with Crippen LogP contribution in [0, 0.1) is 17.2 Å². The number of nitriles is 1. The Labute approximate surface area is 184 Å². The molecule has 3 aliphatic rings. The lowest BCUT2D eigenvalue weighted by molar-refractivity contribution is -0.113. The molecule has 0 radical (unpaired) electrons. The quantitative estimate of drug-likeness (QED) is 0.681. The summed E-state index contributed by atoms with van der Waals surface area (Å²) in [5.74, 6) is 1.92. The van der Waals surface area contributed by atoms with Crippen LogP contribution < -0.4 is 10.2 Å². The summed E-state index contributed by atoms with van der Waals surface area (Å²) >= 11 is 3.01. The van der Waals surface area contributed by atoms with Gasteiger partial charge in [-0.25, -0.2) is 0 Å². The van der Waals surface area contributed by atoms with Crippen LogP contribution in [0.1, 0.15) is 61.1 Å². The van der Waals surface area contributed by atoms with Crippen LogP contribution in [0.3, 0.4) is 0 Å². The highest BCUT2D eigenvalue weighted by Crippen LogP contribution is 2.42. The van der Waals surface area contributed by atoms with Crippen molar-refractivity contribution in [2.24, 2.45) is 5.92 Å². The summed E-state index contributed by atoms with van der Waals surface area (Å²) in [6.07, 6.45) is 7.75. The van der Waals surface area contributed by atoms with E-state index >= 15 is 0 Å². The number of aryl methyl sites for hydroxylation is 1. The zero-order valence-corrected chi connectivity index (χ0v) is 18.8. The molecular formula is C21H26N6OS2. The van der Waals surface area contributed by atoms with Crippen molar-refractivity contribution in [1.29, 1.82) is 5.26 Å². The third kappa shape index (κ3) is 3.83. The number of piperidine rings is 1. The van der Waals surface area contributed by atoms with Gasteiger partial charge >= 0.3 is 0 Å². The third-order valence-corrected chi connectivity index (χ3v) is 8.39. The molecule has 1 N–H and O–H groups in total. The summed E-state index contributed by atoms with van der Waals surface area (Å²) in [6, 6.07) is 2.75. The van der Waals surface area contributed by atoms with E-state index in [0.717, 1.165) is 67.8 Å². The summed E-state index contributed by atoms with van der Waals surface area (Å²) in [5.41, 5.74) is 1.80. The fourth-order valence-corrected chi connectivity index (χ4v) is 6.40. The lowest BCUT2D eigenvalue weighted by Gasteiger charge is -2.31. The van der Waals surface area contributed by atoms with Gasteiger partial charge in [-0.2, -0.15) is 5.26 Å². The molecule has 0 spiro atoms. The first kappa shape index (κ1) is 19.9. The first-order valence-corrected chi connectivity index (χ1v) is 12.6. The monoisotopic (exact) mass is 442 g/mol. The average molecular weight is 443 g/mol. The second-order valence-corrected chi connectivity index (χ2v) is 10.6. The molecule has 2 aromatic heterocycles. The Bertz CT molecular complexity index is 994. The third-order valence-electron chi connectivity index (χ3n) is 6.24. The number of thiophene rings is 1. The molecule has 0 aromatic carbocycles. The predicted octanol–water partition coefficient (Wildman–Crippen LogP) is 4.00. The normalized spacial score (nSPS) is 19.0. The maximum Gasteiger partial charge on any atom is 0.235 e. The van der Waals surface area contributed by atoms with Gasteiger partial charge in [0.05, 0.1) is 11.3 Å². The van der Waals surface area contributed by atoms with E-state index in [-0.39, 0.29) is 11.7 Å². The Morgan fingerprint density at radius 3 is 2.80 bits per heavy atom. The van der Waals surface area contributed by atoms with Crippen molar-refractivity contribution >= 4 is 40.0 Å². The number of fused-ring (bicyclic) bond motifs is 1. The van der Waals surface area contributed by atoms with Gasteiger partial charge in [0.15, 0.2) is 5.16 Å². The molecule has 158 valence electrons. The number of carbonyl (C=O) groups excluding carboxylic acids is 1. The highest BCUT2D eigenvalue weighted by Gasteiger charge is 2.33. The van der Waals surface area contributed by atoms with E-state index in [1.54, 1.807) is 11.3 Å².